The van der Waals surface area contributed by atoms with Gasteiger partial charge in [-0.3, -0.25) is 4.90 Å². The van der Waals surface area contributed by atoms with E-state index in [4.69, 9.17) is 31.8 Å². The predicted octanol–water partition coefficient (Wildman–Crippen LogP) is 5.49. The number of piperidine rings is 1. The molecule has 2 aromatic heterocycles. The second-order valence-corrected chi connectivity index (χ2v) is 14.0. The minimum Gasteiger partial charge on any atom is -0.489 e. The second kappa shape index (κ2) is 9.93. The van der Waals surface area contributed by atoms with Crippen LogP contribution in [0.15, 0.2) is 12.1 Å². The number of hydrogen-bond acceptors (Lipinski definition) is 10. The molecular weight excluding hydrogens is 617 g/mol. The largest absolute Gasteiger partial charge is 0.489 e. The number of aliphatic hydroxyl groups is 1. The highest BCUT2D eigenvalue weighted by atomic mass is 35.5. The van der Waals surface area contributed by atoms with E-state index < -0.39 is 35.0 Å². The molecule has 3 saturated heterocycles. The van der Waals surface area contributed by atoms with Crippen LogP contribution >= 0.6 is 22.9 Å². The van der Waals surface area contributed by atoms with Gasteiger partial charge in [0.1, 0.15) is 36.5 Å². The molecule has 14 heteroatoms. The van der Waals surface area contributed by atoms with Crippen LogP contribution in [0.4, 0.5) is 24.1 Å². The van der Waals surface area contributed by atoms with Gasteiger partial charge in [0.25, 0.3) is 0 Å². The van der Waals surface area contributed by atoms with Gasteiger partial charge in [-0.25, -0.2) is 18.2 Å². The molecule has 0 saturated carbocycles. The first-order valence-corrected chi connectivity index (χ1v) is 16.0. The van der Waals surface area contributed by atoms with Crippen LogP contribution in [-0.2, 0) is 0 Å². The summed E-state index contributed by atoms with van der Waals surface area (Å²) in [4.78, 5) is 17.6. The van der Waals surface area contributed by atoms with E-state index >= 15 is 4.39 Å². The molecule has 8 rings (SSSR count). The van der Waals surface area contributed by atoms with E-state index in [-0.39, 0.29) is 67.4 Å². The number of nitrogens with two attached hydrogens (primary N) is 1. The lowest BCUT2D eigenvalue weighted by Crippen LogP contribution is -2.58. The summed E-state index contributed by atoms with van der Waals surface area (Å²) in [6, 6.07) is 2.05. The van der Waals surface area contributed by atoms with Crippen molar-refractivity contribution in [3.63, 3.8) is 0 Å². The number of hydrogen-bond donors (Lipinski definition) is 2. The van der Waals surface area contributed by atoms with Gasteiger partial charge < -0.3 is 25.2 Å². The van der Waals surface area contributed by atoms with Gasteiger partial charge in [-0.05, 0) is 51.3 Å². The Balaban J connectivity index is 1.34. The lowest BCUT2D eigenvalue weighted by molar-refractivity contribution is -0.00671. The van der Waals surface area contributed by atoms with Crippen molar-refractivity contribution >= 4 is 55.0 Å². The third-order valence-electron chi connectivity index (χ3n) is 9.79. The quantitative estimate of drug-likeness (QED) is 0.298. The Morgan fingerprint density at radius 1 is 1.18 bits per heavy atom. The van der Waals surface area contributed by atoms with Gasteiger partial charge in [-0.1, -0.05) is 22.9 Å². The second-order valence-electron chi connectivity index (χ2n) is 12.6. The van der Waals surface area contributed by atoms with Crippen LogP contribution in [0.2, 0.25) is 5.02 Å². The van der Waals surface area contributed by atoms with Crippen molar-refractivity contribution in [1.82, 2.24) is 19.9 Å². The van der Waals surface area contributed by atoms with Gasteiger partial charge in [-0.2, -0.15) is 9.97 Å². The maximum atomic E-state index is 16.9. The molecule has 0 spiro atoms. The van der Waals surface area contributed by atoms with Crippen molar-refractivity contribution in [3.8, 4) is 22.9 Å². The topological polar surface area (TPSA) is 110 Å². The molecule has 6 heterocycles. The van der Waals surface area contributed by atoms with Crippen LogP contribution in [0.3, 0.4) is 0 Å². The number of thiazole rings is 1. The van der Waals surface area contributed by atoms with Crippen LogP contribution < -0.4 is 20.1 Å². The lowest BCUT2D eigenvalue weighted by atomic mass is 9.86. The molecule has 9 nitrogen and oxygen atoms in total. The average molecular weight is 647 g/mol. The van der Waals surface area contributed by atoms with Crippen LogP contribution in [0.5, 0.6) is 11.8 Å². The van der Waals surface area contributed by atoms with Crippen molar-refractivity contribution in [2.75, 3.05) is 43.5 Å². The van der Waals surface area contributed by atoms with E-state index in [1.54, 1.807) is 6.92 Å². The molecule has 0 amide bonds. The molecule has 44 heavy (non-hydrogen) atoms. The molecule has 0 aliphatic carbocycles. The Labute approximate surface area is 259 Å². The van der Waals surface area contributed by atoms with E-state index in [0.717, 1.165) is 30.7 Å². The monoisotopic (exact) mass is 646 g/mol. The first kappa shape index (κ1) is 28.4. The molecular formula is C30H30ClF3N6O3S. The van der Waals surface area contributed by atoms with Crippen LogP contribution in [0.1, 0.15) is 39.0 Å². The Bertz CT molecular complexity index is 1840. The minimum absolute atomic E-state index is 0.0482. The third-order valence-corrected chi connectivity index (χ3v) is 11.0. The highest BCUT2D eigenvalue weighted by Crippen LogP contribution is 2.51. The molecule has 0 radical (unpaired) electrons. The number of anilines is 2. The van der Waals surface area contributed by atoms with E-state index in [1.165, 1.54) is 12.1 Å². The summed E-state index contributed by atoms with van der Waals surface area (Å²) in [5, 5.41) is 11.7. The summed E-state index contributed by atoms with van der Waals surface area (Å²) in [6.07, 6.45) is 2.35. The fourth-order valence-corrected chi connectivity index (χ4v) is 8.77. The Kier molecular flexibility index (Phi) is 6.40. The SMILES string of the molecule is CC1(O)CCCN2c3nc(OCC45CCCN4C[C@H](F)C5)nc4c(F)c(-c5ccc(F)c6sc(N)nc56)c(Cl)c(c34)OCC21. The molecule has 4 atom stereocenters. The number of ether oxygens (including phenoxy) is 2. The summed E-state index contributed by atoms with van der Waals surface area (Å²) in [5.74, 6) is -0.820. The van der Waals surface area contributed by atoms with E-state index in [9.17, 15) is 13.9 Å². The fourth-order valence-electron chi connectivity index (χ4n) is 7.67. The molecule has 4 aromatic rings. The highest BCUT2D eigenvalue weighted by molar-refractivity contribution is 7.22. The zero-order valence-electron chi connectivity index (χ0n) is 23.9. The summed E-state index contributed by atoms with van der Waals surface area (Å²) in [7, 11) is 0. The number of alkyl halides is 1. The first-order chi connectivity index (χ1) is 21.1. The van der Waals surface area contributed by atoms with Crippen molar-refractivity contribution in [3.05, 3.63) is 28.8 Å². The molecule has 0 bridgehead atoms. The molecule has 3 fully saturated rings. The van der Waals surface area contributed by atoms with Gasteiger partial charge in [0.15, 0.2) is 16.7 Å². The summed E-state index contributed by atoms with van der Waals surface area (Å²) in [5.41, 5.74) is 4.56. The first-order valence-electron chi connectivity index (χ1n) is 14.8. The van der Waals surface area contributed by atoms with E-state index in [2.05, 4.69) is 14.9 Å². The highest BCUT2D eigenvalue weighted by Gasteiger charge is 2.50. The number of nitrogen functional groups attached to an aromatic ring is 1. The Morgan fingerprint density at radius 2 is 2.00 bits per heavy atom. The fraction of sp³-hybridized carbons (Fsp3) is 0.500. The number of nitrogens with zero attached hydrogens (tertiary/aromatic N) is 5. The van der Waals surface area contributed by atoms with Crippen LogP contribution in [0.25, 0.3) is 32.2 Å². The Hall–Kier alpha value is -3.13. The molecule has 2 aromatic carbocycles. The van der Waals surface area contributed by atoms with E-state index in [0.29, 0.717) is 38.2 Å². The van der Waals surface area contributed by atoms with Crippen LogP contribution in [-0.4, -0.2) is 81.2 Å². The smallest absolute Gasteiger partial charge is 0.319 e. The van der Waals surface area contributed by atoms with Gasteiger partial charge in [-0.15, -0.1) is 0 Å². The normalized spacial score (nSPS) is 28.3. The maximum Gasteiger partial charge on any atom is 0.319 e. The predicted molar refractivity (Wildman–Crippen MR) is 163 cm³/mol. The van der Waals surface area contributed by atoms with Crippen molar-refractivity contribution in [1.29, 1.82) is 0 Å². The van der Waals surface area contributed by atoms with Crippen molar-refractivity contribution in [2.45, 2.75) is 62.4 Å². The van der Waals surface area contributed by atoms with Gasteiger partial charge in [0, 0.05) is 30.6 Å². The van der Waals surface area contributed by atoms with E-state index in [1.807, 2.05) is 4.90 Å². The lowest BCUT2D eigenvalue weighted by Gasteiger charge is -2.44. The minimum atomic E-state index is -1.13. The number of aromatic nitrogens is 3. The molecule has 4 aliphatic heterocycles. The van der Waals surface area contributed by atoms with Crippen molar-refractivity contribution < 1.29 is 27.8 Å². The van der Waals surface area contributed by atoms with Crippen molar-refractivity contribution in [2.24, 2.45) is 0 Å². The zero-order chi connectivity index (χ0) is 30.5. The number of rotatable bonds is 4. The molecule has 4 aliphatic rings. The summed E-state index contributed by atoms with van der Waals surface area (Å²) in [6.45, 7) is 3.65. The van der Waals surface area contributed by atoms with Gasteiger partial charge >= 0.3 is 6.01 Å². The standard InChI is InChI=1S/C30H30ClF3N6O3S/c1-29(41)6-2-9-40-17(29)12-42-24-19-23(21(34)18(20(24)31)15-4-5-16(33)25-22(15)36-27(35)44-25)37-28(38-26(19)40)43-13-30-7-3-8-39(30)11-14(32)10-30/h4-5,14,17,41H,2-3,6-13H2,1H3,(H2,35,36)/t14-,17?,29?,30?/m1/s1. The number of benzene rings is 2. The molecule has 232 valence electrons. The molecule has 3 unspecified atom stereocenters. The zero-order valence-corrected chi connectivity index (χ0v) is 25.5. The summed E-state index contributed by atoms with van der Waals surface area (Å²) >= 11 is 7.91. The number of halogens is 4. The molecule has 3 N–H and O–H groups in total. The Morgan fingerprint density at radius 3 is 2.84 bits per heavy atom. The number of fused-ring (bicyclic) bond motifs is 4. The van der Waals surface area contributed by atoms with Crippen LogP contribution in [0, 0.1) is 11.6 Å². The maximum absolute atomic E-state index is 16.9. The van der Waals surface area contributed by atoms with Gasteiger partial charge in [0.05, 0.1) is 37.8 Å². The summed E-state index contributed by atoms with van der Waals surface area (Å²) < 4.78 is 58.7. The third kappa shape index (κ3) is 4.15. The van der Waals surface area contributed by atoms with Gasteiger partial charge in [0.2, 0.25) is 0 Å². The average Bonchev–Trinajstić information content (AvgIpc) is 3.61.